The molecule has 1 aromatic heterocycles. The van der Waals surface area contributed by atoms with Crippen LogP contribution in [0, 0.1) is 8.80 Å². The minimum absolute atomic E-state index is 0.135. The summed E-state index contributed by atoms with van der Waals surface area (Å²) < 4.78 is 1.14. The van der Waals surface area contributed by atoms with Gasteiger partial charge in [0.15, 0.2) is 0 Å². The van der Waals surface area contributed by atoms with Gasteiger partial charge in [-0.2, -0.15) is 0 Å². The summed E-state index contributed by atoms with van der Waals surface area (Å²) in [6, 6.07) is 1.94. The van der Waals surface area contributed by atoms with E-state index in [-0.39, 0.29) is 12.5 Å². The second kappa shape index (κ2) is 5.46. The molecule has 88 valence electrons. The fourth-order valence-corrected chi connectivity index (χ4v) is 3.24. The number of nitrogens with zero attached hydrogens (tertiary/aromatic N) is 1. The number of amides is 1. The van der Waals surface area contributed by atoms with E-state index in [2.05, 4.69) is 22.6 Å². The van der Waals surface area contributed by atoms with Gasteiger partial charge in [-0.15, -0.1) is 11.3 Å². The van der Waals surface area contributed by atoms with Gasteiger partial charge in [0.2, 0.25) is 0 Å². The third-order valence-electron chi connectivity index (χ3n) is 2.97. The lowest BCUT2D eigenvalue weighted by Crippen LogP contribution is -2.39. The SMILES string of the molecule is O=C(c1csc(I)c1)N1CCC(CO)CC1. The minimum Gasteiger partial charge on any atom is -0.396 e. The average molecular weight is 351 g/mol. The number of hydrogen-bond donors (Lipinski definition) is 1. The standard InChI is InChI=1S/C11H14INO2S/c12-10-5-9(7-16-10)11(15)13-3-1-8(6-14)2-4-13/h5,7-8,14H,1-4,6H2. The smallest absolute Gasteiger partial charge is 0.254 e. The first-order chi connectivity index (χ1) is 7.70. The van der Waals surface area contributed by atoms with Crippen molar-refractivity contribution in [2.45, 2.75) is 12.8 Å². The molecule has 1 amide bonds. The molecule has 16 heavy (non-hydrogen) atoms. The molecule has 0 aromatic carbocycles. The first-order valence-electron chi connectivity index (χ1n) is 5.35. The van der Waals surface area contributed by atoms with Crippen LogP contribution in [0.4, 0.5) is 0 Å². The van der Waals surface area contributed by atoms with E-state index in [1.807, 2.05) is 16.3 Å². The molecule has 2 rings (SSSR count). The Labute approximate surface area is 113 Å². The molecule has 0 spiro atoms. The lowest BCUT2D eigenvalue weighted by Gasteiger charge is -2.30. The number of aliphatic hydroxyl groups excluding tert-OH is 1. The van der Waals surface area contributed by atoms with E-state index in [0.717, 1.165) is 34.4 Å². The number of thiophene rings is 1. The summed E-state index contributed by atoms with van der Waals surface area (Å²) in [6.45, 7) is 1.80. The highest BCUT2D eigenvalue weighted by Gasteiger charge is 2.23. The van der Waals surface area contributed by atoms with Crippen LogP contribution in [0.5, 0.6) is 0 Å². The molecule has 1 N–H and O–H groups in total. The van der Waals surface area contributed by atoms with Crippen molar-refractivity contribution in [1.82, 2.24) is 4.90 Å². The first-order valence-corrected chi connectivity index (χ1v) is 7.30. The number of carbonyl (C=O) groups is 1. The van der Waals surface area contributed by atoms with Crippen LogP contribution >= 0.6 is 33.9 Å². The summed E-state index contributed by atoms with van der Waals surface area (Å²) in [6.07, 6.45) is 1.84. The third-order valence-corrected chi connectivity index (χ3v) is 4.76. The second-order valence-electron chi connectivity index (χ2n) is 4.06. The summed E-state index contributed by atoms with van der Waals surface area (Å²) in [5.41, 5.74) is 0.803. The predicted octanol–water partition coefficient (Wildman–Crippen LogP) is 2.20. The van der Waals surface area contributed by atoms with Crippen LogP contribution in [0.3, 0.4) is 0 Å². The summed E-state index contributed by atoms with van der Waals surface area (Å²) >= 11 is 3.83. The highest BCUT2D eigenvalue weighted by atomic mass is 127. The van der Waals surface area contributed by atoms with Crippen LogP contribution in [0.15, 0.2) is 11.4 Å². The number of halogens is 1. The van der Waals surface area contributed by atoms with E-state index < -0.39 is 0 Å². The molecule has 0 saturated carbocycles. The lowest BCUT2D eigenvalue weighted by atomic mass is 9.97. The van der Waals surface area contributed by atoms with E-state index in [1.165, 1.54) is 0 Å². The molecule has 1 aliphatic rings. The maximum absolute atomic E-state index is 12.1. The Balaban J connectivity index is 1.96. The molecule has 0 radical (unpaired) electrons. The van der Waals surface area contributed by atoms with E-state index in [0.29, 0.717) is 5.92 Å². The molecule has 3 nitrogen and oxygen atoms in total. The average Bonchev–Trinajstić information content (AvgIpc) is 2.75. The normalized spacial score (nSPS) is 17.8. The van der Waals surface area contributed by atoms with Crippen molar-refractivity contribution < 1.29 is 9.90 Å². The zero-order valence-corrected chi connectivity index (χ0v) is 11.8. The molecule has 5 heteroatoms. The molecule has 1 saturated heterocycles. The van der Waals surface area contributed by atoms with Gasteiger partial charge in [0, 0.05) is 25.1 Å². The summed E-state index contributed by atoms with van der Waals surface area (Å²) in [7, 11) is 0. The lowest BCUT2D eigenvalue weighted by molar-refractivity contribution is 0.0651. The highest BCUT2D eigenvalue weighted by Crippen LogP contribution is 2.21. The molecular formula is C11H14INO2S. The van der Waals surface area contributed by atoms with Gasteiger partial charge < -0.3 is 10.0 Å². The number of piperidine rings is 1. The van der Waals surface area contributed by atoms with Gasteiger partial charge >= 0.3 is 0 Å². The van der Waals surface area contributed by atoms with Crippen molar-refractivity contribution >= 4 is 39.8 Å². The number of aliphatic hydroxyl groups is 1. The predicted molar refractivity (Wildman–Crippen MR) is 72.7 cm³/mol. The summed E-state index contributed by atoms with van der Waals surface area (Å²) in [4.78, 5) is 14.0. The highest BCUT2D eigenvalue weighted by molar-refractivity contribution is 14.1. The maximum Gasteiger partial charge on any atom is 0.254 e. The summed E-state index contributed by atoms with van der Waals surface area (Å²) in [5.74, 6) is 0.516. The van der Waals surface area contributed by atoms with E-state index >= 15 is 0 Å². The van der Waals surface area contributed by atoms with Gasteiger partial charge in [-0.05, 0) is 47.4 Å². The van der Waals surface area contributed by atoms with Crippen molar-refractivity contribution in [3.05, 3.63) is 19.9 Å². The maximum atomic E-state index is 12.1. The van der Waals surface area contributed by atoms with E-state index in [1.54, 1.807) is 11.3 Å². The Morgan fingerprint density at radius 1 is 1.56 bits per heavy atom. The molecular weight excluding hydrogens is 337 g/mol. The van der Waals surface area contributed by atoms with Crippen LogP contribution in [0.2, 0.25) is 0 Å². The number of likely N-dealkylation sites (tertiary alicyclic amines) is 1. The topological polar surface area (TPSA) is 40.5 Å². The molecule has 0 unspecified atom stereocenters. The van der Waals surface area contributed by atoms with Gasteiger partial charge in [0.1, 0.15) is 0 Å². The van der Waals surface area contributed by atoms with Crippen LogP contribution in [-0.4, -0.2) is 35.6 Å². The Morgan fingerprint density at radius 3 is 2.75 bits per heavy atom. The van der Waals surface area contributed by atoms with Crippen LogP contribution in [0.1, 0.15) is 23.2 Å². The Bertz CT molecular complexity index is 372. The second-order valence-corrected chi connectivity index (χ2v) is 6.86. The zero-order chi connectivity index (χ0) is 11.5. The van der Waals surface area contributed by atoms with Crippen molar-refractivity contribution in [3.8, 4) is 0 Å². The number of hydrogen-bond acceptors (Lipinski definition) is 3. The molecule has 0 bridgehead atoms. The van der Waals surface area contributed by atoms with Gasteiger partial charge in [0.05, 0.1) is 8.45 Å². The number of rotatable bonds is 2. The van der Waals surface area contributed by atoms with Crippen molar-refractivity contribution in [3.63, 3.8) is 0 Å². The molecule has 1 aromatic rings. The first kappa shape index (κ1) is 12.3. The van der Waals surface area contributed by atoms with Gasteiger partial charge in [-0.1, -0.05) is 0 Å². The number of carbonyl (C=O) groups excluding carboxylic acids is 1. The minimum atomic E-state index is 0.135. The van der Waals surface area contributed by atoms with Crippen LogP contribution in [0.25, 0.3) is 0 Å². The van der Waals surface area contributed by atoms with Crippen molar-refractivity contribution in [2.24, 2.45) is 5.92 Å². The zero-order valence-electron chi connectivity index (χ0n) is 8.86. The van der Waals surface area contributed by atoms with Gasteiger partial charge in [-0.25, -0.2) is 0 Å². The third kappa shape index (κ3) is 2.75. The molecule has 2 heterocycles. The Hall–Kier alpha value is -0.140. The largest absolute Gasteiger partial charge is 0.396 e. The van der Waals surface area contributed by atoms with Gasteiger partial charge in [-0.3, -0.25) is 4.79 Å². The molecule has 1 aliphatic heterocycles. The van der Waals surface area contributed by atoms with E-state index in [9.17, 15) is 4.79 Å². The molecule has 0 atom stereocenters. The Morgan fingerprint density at radius 2 is 2.25 bits per heavy atom. The molecule has 1 fully saturated rings. The van der Waals surface area contributed by atoms with Crippen LogP contribution in [-0.2, 0) is 0 Å². The van der Waals surface area contributed by atoms with Gasteiger partial charge in [0.25, 0.3) is 5.91 Å². The fraction of sp³-hybridized carbons (Fsp3) is 0.545. The van der Waals surface area contributed by atoms with E-state index in [4.69, 9.17) is 5.11 Å². The van der Waals surface area contributed by atoms with Crippen LogP contribution < -0.4 is 0 Å². The van der Waals surface area contributed by atoms with Crippen molar-refractivity contribution in [1.29, 1.82) is 0 Å². The summed E-state index contributed by atoms with van der Waals surface area (Å²) in [5, 5.41) is 11.0. The quantitative estimate of drug-likeness (QED) is 0.830. The monoisotopic (exact) mass is 351 g/mol. The fourth-order valence-electron chi connectivity index (χ4n) is 1.92. The molecule has 0 aliphatic carbocycles. The van der Waals surface area contributed by atoms with Crippen molar-refractivity contribution in [2.75, 3.05) is 19.7 Å². The Kier molecular flexibility index (Phi) is 4.21.